The molecule has 0 heterocycles. The highest BCUT2D eigenvalue weighted by Crippen LogP contribution is 2.30. The minimum atomic E-state index is -1.07. The van der Waals surface area contributed by atoms with Gasteiger partial charge in [0.15, 0.2) is 0 Å². The van der Waals surface area contributed by atoms with Gasteiger partial charge in [-0.3, -0.25) is 4.79 Å². The predicted octanol–water partition coefficient (Wildman–Crippen LogP) is 5.60. The van der Waals surface area contributed by atoms with Crippen molar-refractivity contribution in [2.75, 3.05) is 20.3 Å². The van der Waals surface area contributed by atoms with Crippen LogP contribution in [0, 0.1) is 5.92 Å². The molecule has 1 amide bonds. The van der Waals surface area contributed by atoms with Crippen LogP contribution in [0.5, 0.6) is 0 Å². The molecule has 0 bridgehead atoms. The van der Waals surface area contributed by atoms with Crippen LogP contribution in [-0.2, 0) is 35.1 Å². The van der Waals surface area contributed by atoms with Gasteiger partial charge in [-0.1, -0.05) is 67.6 Å². The average Bonchev–Trinajstić information content (AvgIpc) is 2.96. The summed E-state index contributed by atoms with van der Waals surface area (Å²) in [6.45, 7) is 8.30. The summed E-state index contributed by atoms with van der Waals surface area (Å²) in [6, 6.07) is 7.24. The Bertz CT molecular complexity index is 978. The van der Waals surface area contributed by atoms with Crippen molar-refractivity contribution in [1.82, 2.24) is 10.6 Å². The van der Waals surface area contributed by atoms with E-state index >= 15 is 0 Å². The number of methoxy groups -OCH3 is 1. The first-order valence-corrected chi connectivity index (χ1v) is 14.8. The maximum absolute atomic E-state index is 13.0. The smallest absolute Gasteiger partial charge is 0.407 e. The number of amides is 1. The lowest BCUT2D eigenvalue weighted by Gasteiger charge is -2.37. The van der Waals surface area contributed by atoms with E-state index in [0.29, 0.717) is 18.9 Å². The minimum Gasteiger partial charge on any atom is -0.460 e. The second-order valence-electron chi connectivity index (χ2n) is 11.6. The summed E-state index contributed by atoms with van der Waals surface area (Å²) < 4.78 is 28.3. The van der Waals surface area contributed by atoms with Crippen molar-refractivity contribution >= 4 is 12.1 Å². The number of nitrogens with one attached hydrogen (secondary N) is 2. The van der Waals surface area contributed by atoms with Crippen molar-refractivity contribution in [3.63, 3.8) is 0 Å². The fraction of sp³-hybridized carbons (Fsp3) is 0.733. The molecule has 0 spiro atoms. The van der Waals surface area contributed by atoms with Gasteiger partial charge in [-0.2, -0.15) is 0 Å². The van der Waals surface area contributed by atoms with Crippen molar-refractivity contribution < 1.29 is 33.3 Å². The fourth-order valence-electron chi connectivity index (χ4n) is 4.92. The quantitative estimate of drug-likeness (QED) is 0.0780. The van der Waals surface area contributed by atoms with Gasteiger partial charge in [-0.25, -0.2) is 4.79 Å². The normalized spacial score (nSPS) is 17.7. The molecule has 1 aromatic carbocycles. The van der Waals surface area contributed by atoms with Crippen LogP contribution in [0.1, 0.15) is 78.7 Å². The number of esters is 1. The van der Waals surface area contributed by atoms with Crippen LogP contribution >= 0.6 is 0 Å². The van der Waals surface area contributed by atoms with E-state index in [-0.39, 0.29) is 13.2 Å². The highest BCUT2D eigenvalue weighted by molar-refractivity contribution is 5.75. The van der Waals surface area contributed by atoms with Crippen LogP contribution in [0.2, 0.25) is 0 Å². The Labute approximate surface area is 249 Å². The van der Waals surface area contributed by atoms with E-state index in [2.05, 4.69) is 20.7 Å². The zero-order valence-electron chi connectivity index (χ0n) is 25.9. The van der Waals surface area contributed by atoms with Gasteiger partial charge < -0.3 is 34.3 Å². The molecule has 1 aromatic rings. The first kappa shape index (κ1) is 35.3. The Morgan fingerprint density at radius 1 is 1.14 bits per heavy atom. The third-order valence-corrected chi connectivity index (χ3v) is 6.96. The Morgan fingerprint density at radius 2 is 1.83 bits per heavy atom. The van der Waals surface area contributed by atoms with E-state index in [9.17, 15) is 15.1 Å². The molecule has 42 heavy (non-hydrogen) atoms. The van der Waals surface area contributed by atoms with E-state index in [1.165, 1.54) is 13.5 Å². The third kappa shape index (κ3) is 13.4. The average molecular weight is 592 g/mol. The Balaban J connectivity index is 2.27. The lowest BCUT2D eigenvalue weighted by atomic mass is 9.82. The fourth-order valence-corrected chi connectivity index (χ4v) is 4.92. The maximum Gasteiger partial charge on any atom is 0.407 e. The van der Waals surface area contributed by atoms with Crippen LogP contribution in [-0.4, -0.2) is 68.6 Å². The summed E-state index contributed by atoms with van der Waals surface area (Å²) in [5.74, 6) is -0.116. The molecule has 0 aromatic heterocycles. The molecule has 0 aliphatic heterocycles. The molecule has 12 heteroatoms. The number of carbonyl (C=O) groups is 2. The van der Waals surface area contributed by atoms with Gasteiger partial charge in [0, 0.05) is 25.2 Å². The number of hydrogen-bond acceptors (Lipinski definition) is 9. The molecule has 2 unspecified atom stereocenters. The van der Waals surface area contributed by atoms with Gasteiger partial charge >= 0.3 is 12.1 Å². The SMILES string of the molecule is CCOC(OC)O[C@@H]([C@H](CNC(C)C(=O)OCc1ccccc1)N=[N+]=[N-])[C@H](CC1CCCCC1)NC(=O)OC(C)(C)C. The topological polar surface area (TPSA) is 153 Å². The first-order chi connectivity index (χ1) is 20.1. The second kappa shape index (κ2) is 18.6. The molecule has 1 saturated carbocycles. The largest absolute Gasteiger partial charge is 0.460 e. The van der Waals surface area contributed by atoms with Crippen LogP contribution in [0.4, 0.5) is 4.79 Å². The van der Waals surface area contributed by atoms with Gasteiger partial charge in [0.05, 0.1) is 18.2 Å². The van der Waals surface area contributed by atoms with Gasteiger partial charge in [0.2, 0.25) is 0 Å². The molecule has 12 nitrogen and oxygen atoms in total. The molecule has 236 valence electrons. The minimum absolute atomic E-state index is 0.0655. The van der Waals surface area contributed by atoms with Crippen molar-refractivity contribution in [2.24, 2.45) is 11.0 Å². The van der Waals surface area contributed by atoms with Crippen LogP contribution in [0.25, 0.3) is 10.4 Å². The molecule has 0 saturated heterocycles. The highest BCUT2D eigenvalue weighted by Gasteiger charge is 2.37. The maximum atomic E-state index is 13.0. The van der Waals surface area contributed by atoms with Crippen LogP contribution in [0.15, 0.2) is 35.4 Å². The molecule has 0 radical (unpaired) electrons. The van der Waals surface area contributed by atoms with E-state index in [4.69, 9.17) is 23.7 Å². The standard InChI is InChI=1S/C30H49N5O7/c1-7-39-29(38-6)41-26(24(18-22-14-10-8-11-15-22)33-28(37)42-30(3,4)5)25(34-35-31)19-32-21(2)27(36)40-20-23-16-12-9-13-17-23/h9,12-13,16-17,21-22,24-26,29,32H,7-8,10-11,14-15,18-20H2,1-6H3,(H,33,37)/t21?,24-,25-,26+,29?/m0/s1. The summed E-state index contributed by atoms with van der Waals surface area (Å²) in [5, 5.41) is 10.1. The third-order valence-electron chi connectivity index (χ3n) is 6.96. The summed E-state index contributed by atoms with van der Waals surface area (Å²) in [7, 11) is 1.44. The Morgan fingerprint density at radius 3 is 2.43 bits per heavy atom. The molecular formula is C30H49N5O7. The predicted molar refractivity (Wildman–Crippen MR) is 158 cm³/mol. The summed E-state index contributed by atoms with van der Waals surface area (Å²) in [5.41, 5.74) is 9.67. The Hall–Kier alpha value is -2.89. The van der Waals surface area contributed by atoms with Crippen molar-refractivity contribution in [2.45, 2.75) is 116 Å². The number of ether oxygens (including phenoxy) is 5. The Kier molecular flexibility index (Phi) is 15.6. The van der Waals surface area contributed by atoms with Crippen LogP contribution in [0.3, 0.4) is 0 Å². The number of hydrogen-bond donors (Lipinski definition) is 2. The molecular weight excluding hydrogens is 542 g/mol. The summed E-state index contributed by atoms with van der Waals surface area (Å²) >= 11 is 0. The zero-order chi connectivity index (χ0) is 31.0. The second-order valence-corrected chi connectivity index (χ2v) is 11.6. The molecule has 2 N–H and O–H groups in total. The van der Waals surface area contributed by atoms with E-state index in [1.54, 1.807) is 34.6 Å². The lowest BCUT2D eigenvalue weighted by molar-refractivity contribution is -0.298. The number of benzene rings is 1. The van der Waals surface area contributed by atoms with E-state index in [1.807, 2.05) is 30.3 Å². The van der Waals surface area contributed by atoms with Crippen molar-refractivity contribution in [3.8, 4) is 0 Å². The van der Waals surface area contributed by atoms with E-state index < -0.39 is 48.4 Å². The van der Waals surface area contributed by atoms with Crippen LogP contribution < -0.4 is 10.6 Å². The lowest BCUT2D eigenvalue weighted by Crippen LogP contribution is -2.55. The van der Waals surface area contributed by atoms with Gasteiger partial charge in [-0.05, 0) is 58.1 Å². The molecule has 5 atom stereocenters. The van der Waals surface area contributed by atoms with Crippen molar-refractivity contribution in [1.29, 1.82) is 0 Å². The highest BCUT2D eigenvalue weighted by atomic mass is 16.8. The number of nitrogens with zero attached hydrogens (tertiary/aromatic N) is 3. The number of carbonyl (C=O) groups excluding carboxylic acids is 2. The van der Waals surface area contributed by atoms with Gasteiger partial charge in [0.25, 0.3) is 6.48 Å². The summed E-state index contributed by atoms with van der Waals surface area (Å²) in [6.07, 6.45) is 4.55. The van der Waals surface area contributed by atoms with Gasteiger partial charge in [-0.15, -0.1) is 0 Å². The zero-order valence-corrected chi connectivity index (χ0v) is 25.9. The van der Waals surface area contributed by atoms with Crippen molar-refractivity contribution in [3.05, 3.63) is 46.3 Å². The number of alkyl carbamates (subject to hydrolysis) is 1. The molecule has 1 aliphatic rings. The monoisotopic (exact) mass is 591 g/mol. The number of azide groups is 1. The first-order valence-electron chi connectivity index (χ1n) is 14.8. The molecule has 2 rings (SSSR count). The number of rotatable bonds is 17. The molecule has 1 fully saturated rings. The molecule has 1 aliphatic carbocycles. The van der Waals surface area contributed by atoms with Gasteiger partial charge in [0.1, 0.15) is 18.2 Å². The van der Waals surface area contributed by atoms with E-state index in [0.717, 1.165) is 31.2 Å². The summed E-state index contributed by atoms with van der Waals surface area (Å²) in [4.78, 5) is 28.8.